The fourth-order valence-corrected chi connectivity index (χ4v) is 4.25. The molecule has 0 bridgehead atoms. The number of nitrogens with one attached hydrogen (secondary N) is 1. The topological polar surface area (TPSA) is 79.4 Å². The number of thiazole rings is 1. The van der Waals surface area contributed by atoms with E-state index in [1.165, 1.54) is 11.3 Å². The summed E-state index contributed by atoms with van der Waals surface area (Å²) >= 11 is 1.24. The molecule has 6 nitrogen and oxygen atoms in total. The molecule has 1 aliphatic heterocycles. The van der Waals surface area contributed by atoms with Crippen LogP contribution < -0.4 is 10.2 Å². The molecule has 0 radical (unpaired) electrons. The van der Waals surface area contributed by atoms with Gasteiger partial charge in [-0.15, -0.1) is 0 Å². The highest BCUT2D eigenvalue weighted by molar-refractivity contribution is 7.17. The highest BCUT2D eigenvalue weighted by Gasteiger charge is 2.35. The molecule has 25 heavy (non-hydrogen) atoms. The van der Waals surface area contributed by atoms with Gasteiger partial charge in [0.1, 0.15) is 0 Å². The quantitative estimate of drug-likeness (QED) is 0.918. The fourth-order valence-electron chi connectivity index (χ4n) is 3.27. The van der Waals surface area contributed by atoms with Crippen LogP contribution in [-0.4, -0.2) is 29.1 Å². The zero-order valence-corrected chi connectivity index (χ0v) is 14.3. The largest absolute Gasteiger partial charge is 0.312 e. The number of nitrogens with zero attached hydrogens (tertiary/aromatic N) is 2. The standard InChI is InChI=1S/C18H17N3O3S/c22-14-8-4-7-13-16(14)25-18(19-13)20-17(24)11-9-15(23)21(10-11)12-5-2-1-3-6-12/h1-3,5-6,11H,4,7-10H2,(H,19,20,24). The number of hydrogen-bond donors (Lipinski definition) is 1. The van der Waals surface area contributed by atoms with Crippen molar-refractivity contribution in [2.24, 2.45) is 5.92 Å². The van der Waals surface area contributed by atoms with E-state index in [9.17, 15) is 14.4 Å². The number of Topliss-reactive ketones (excluding diaryl/α,β-unsaturated/α-hetero) is 1. The van der Waals surface area contributed by atoms with Crippen LogP contribution in [0, 0.1) is 5.92 Å². The van der Waals surface area contributed by atoms with E-state index in [0.29, 0.717) is 23.0 Å². The van der Waals surface area contributed by atoms with Crippen molar-refractivity contribution in [3.8, 4) is 0 Å². The smallest absolute Gasteiger partial charge is 0.231 e. The minimum Gasteiger partial charge on any atom is -0.312 e. The molecule has 0 spiro atoms. The molecule has 0 saturated carbocycles. The zero-order valence-electron chi connectivity index (χ0n) is 13.5. The molecule has 2 heterocycles. The molecule has 128 valence electrons. The summed E-state index contributed by atoms with van der Waals surface area (Å²) in [6.45, 7) is 0.360. The van der Waals surface area contributed by atoms with E-state index in [2.05, 4.69) is 10.3 Å². The monoisotopic (exact) mass is 355 g/mol. The van der Waals surface area contributed by atoms with Crippen LogP contribution in [0.2, 0.25) is 0 Å². The van der Waals surface area contributed by atoms with Crippen LogP contribution in [0.5, 0.6) is 0 Å². The Bertz CT molecular complexity index is 847. The van der Waals surface area contributed by atoms with Gasteiger partial charge in [0.15, 0.2) is 10.9 Å². The zero-order chi connectivity index (χ0) is 17.4. The van der Waals surface area contributed by atoms with Crippen LogP contribution in [0.15, 0.2) is 30.3 Å². The van der Waals surface area contributed by atoms with Crippen molar-refractivity contribution in [1.29, 1.82) is 0 Å². The van der Waals surface area contributed by atoms with Crippen molar-refractivity contribution in [2.45, 2.75) is 25.7 Å². The maximum absolute atomic E-state index is 12.5. The van der Waals surface area contributed by atoms with Gasteiger partial charge in [-0.3, -0.25) is 14.4 Å². The summed E-state index contributed by atoms with van der Waals surface area (Å²) < 4.78 is 0. The average Bonchev–Trinajstić information content (AvgIpc) is 3.20. The van der Waals surface area contributed by atoms with E-state index in [1.54, 1.807) is 4.90 Å². The van der Waals surface area contributed by atoms with Crippen molar-refractivity contribution in [3.63, 3.8) is 0 Å². The molecular formula is C18H17N3O3S. The van der Waals surface area contributed by atoms with Gasteiger partial charge in [0, 0.05) is 25.1 Å². The normalized spacial score (nSPS) is 19.8. The summed E-state index contributed by atoms with van der Waals surface area (Å²) in [4.78, 5) is 43.3. The molecular weight excluding hydrogens is 338 g/mol. The third-order valence-electron chi connectivity index (χ3n) is 4.56. The second-order valence-electron chi connectivity index (χ2n) is 6.30. The summed E-state index contributed by atoms with van der Waals surface area (Å²) in [5, 5.41) is 3.25. The lowest BCUT2D eigenvalue weighted by Gasteiger charge is -2.16. The molecule has 2 aliphatic rings. The van der Waals surface area contributed by atoms with E-state index in [0.717, 1.165) is 24.2 Å². The van der Waals surface area contributed by atoms with Gasteiger partial charge >= 0.3 is 0 Å². The van der Waals surface area contributed by atoms with Gasteiger partial charge in [-0.2, -0.15) is 0 Å². The molecule has 1 N–H and O–H groups in total. The van der Waals surface area contributed by atoms with E-state index >= 15 is 0 Å². The number of rotatable bonds is 3. The van der Waals surface area contributed by atoms with Crippen molar-refractivity contribution in [3.05, 3.63) is 40.9 Å². The van der Waals surface area contributed by atoms with E-state index in [4.69, 9.17) is 0 Å². The van der Waals surface area contributed by atoms with Crippen LogP contribution in [0.1, 0.15) is 34.6 Å². The Morgan fingerprint density at radius 3 is 2.76 bits per heavy atom. The molecule has 7 heteroatoms. The molecule has 1 saturated heterocycles. The SMILES string of the molecule is O=C1CCCc2nc(NC(=O)C3CC(=O)N(c4ccccc4)C3)sc21. The molecule has 1 aromatic carbocycles. The third-order valence-corrected chi connectivity index (χ3v) is 5.62. The Kier molecular flexibility index (Phi) is 4.09. The Balaban J connectivity index is 1.46. The van der Waals surface area contributed by atoms with Gasteiger partial charge in [0.25, 0.3) is 0 Å². The van der Waals surface area contributed by atoms with Gasteiger partial charge in [-0.25, -0.2) is 4.98 Å². The number of fused-ring (bicyclic) bond motifs is 1. The second-order valence-corrected chi connectivity index (χ2v) is 7.30. The molecule has 2 amide bonds. The summed E-state index contributed by atoms with van der Waals surface area (Å²) in [7, 11) is 0. The molecule has 1 aromatic heterocycles. The fraction of sp³-hybridized carbons (Fsp3) is 0.333. The number of benzene rings is 1. The van der Waals surface area contributed by atoms with Crippen LogP contribution in [0.25, 0.3) is 0 Å². The highest BCUT2D eigenvalue weighted by atomic mass is 32.1. The van der Waals surface area contributed by atoms with Crippen LogP contribution in [-0.2, 0) is 16.0 Å². The molecule has 2 aromatic rings. The number of ketones is 1. The second kappa shape index (κ2) is 6.40. The Morgan fingerprint density at radius 1 is 1.20 bits per heavy atom. The number of carbonyl (C=O) groups is 3. The predicted molar refractivity (Wildman–Crippen MR) is 94.9 cm³/mol. The number of aryl methyl sites for hydroxylation is 1. The van der Waals surface area contributed by atoms with Gasteiger partial charge in [-0.05, 0) is 25.0 Å². The minimum absolute atomic E-state index is 0.0556. The third kappa shape index (κ3) is 3.07. The molecule has 1 aliphatic carbocycles. The Hall–Kier alpha value is -2.54. The summed E-state index contributed by atoms with van der Waals surface area (Å²) in [6.07, 6.45) is 2.32. The lowest BCUT2D eigenvalue weighted by atomic mass is 10.0. The average molecular weight is 355 g/mol. The number of amides is 2. The summed E-state index contributed by atoms with van der Waals surface area (Å²) in [5.74, 6) is -0.583. The van der Waals surface area contributed by atoms with Crippen molar-refractivity contribution in [1.82, 2.24) is 4.98 Å². The molecule has 1 unspecified atom stereocenters. The Morgan fingerprint density at radius 2 is 2.00 bits per heavy atom. The first-order valence-electron chi connectivity index (χ1n) is 8.31. The van der Waals surface area contributed by atoms with Gasteiger partial charge < -0.3 is 10.2 Å². The van der Waals surface area contributed by atoms with Gasteiger partial charge in [0.05, 0.1) is 16.5 Å². The van der Waals surface area contributed by atoms with Gasteiger partial charge in [-0.1, -0.05) is 29.5 Å². The number of aromatic nitrogens is 1. The summed E-state index contributed by atoms with van der Waals surface area (Å²) in [6, 6.07) is 9.34. The first-order chi connectivity index (χ1) is 12.1. The van der Waals surface area contributed by atoms with E-state index in [-0.39, 0.29) is 24.0 Å². The lowest BCUT2D eigenvalue weighted by molar-refractivity contribution is -0.122. The van der Waals surface area contributed by atoms with Gasteiger partial charge in [0.2, 0.25) is 11.8 Å². The van der Waals surface area contributed by atoms with E-state index < -0.39 is 5.92 Å². The van der Waals surface area contributed by atoms with Crippen LogP contribution >= 0.6 is 11.3 Å². The molecule has 1 fully saturated rings. The highest BCUT2D eigenvalue weighted by Crippen LogP contribution is 2.31. The lowest BCUT2D eigenvalue weighted by Crippen LogP contribution is -2.28. The minimum atomic E-state index is -0.413. The van der Waals surface area contributed by atoms with Crippen molar-refractivity contribution < 1.29 is 14.4 Å². The summed E-state index contributed by atoms with van der Waals surface area (Å²) in [5.41, 5.74) is 1.59. The predicted octanol–water partition coefficient (Wildman–Crippen LogP) is 2.65. The van der Waals surface area contributed by atoms with Crippen molar-refractivity contribution >= 4 is 39.8 Å². The first-order valence-corrected chi connectivity index (χ1v) is 9.12. The first kappa shape index (κ1) is 16.0. The number of hydrogen-bond acceptors (Lipinski definition) is 5. The number of anilines is 2. The Labute approximate surface area is 148 Å². The van der Waals surface area contributed by atoms with E-state index in [1.807, 2.05) is 30.3 Å². The molecule has 1 atom stereocenters. The van der Waals surface area contributed by atoms with Crippen LogP contribution in [0.3, 0.4) is 0 Å². The number of para-hydroxylation sites is 1. The maximum Gasteiger partial charge on any atom is 0.231 e. The van der Waals surface area contributed by atoms with Crippen LogP contribution in [0.4, 0.5) is 10.8 Å². The van der Waals surface area contributed by atoms with Crippen molar-refractivity contribution in [2.75, 3.05) is 16.8 Å². The number of carbonyl (C=O) groups excluding carboxylic acids is 3. The maximum atomic E-state index is 12.5. The molecule has 4 rings (SSSR count).